The average molecular weight is 302 g/mol. The van der Waals surface area contributed by atoms with Crippen molar-refractivity contribution in [2.45, 2.75) is 26.2 Å². The number of methoxy groups -OCH3 is 1. The van der Waals surface area contributed by atoms with Gasteiger partial charge in [-0.15, -0.1) is 0 Å². The second kappa shape index (κ2) is 8.42. The molecule has 0 N–H and O–H groups in total. The molecule has 1 heterocycles. The first kappa shape index (κ1) is 16.3. The highest BCUT2D eigenvalue weighted by Gasteiger charge is 2.16. The summed E-state index contributed by atoms with van der Waals surface area (Å²) in [5, 5.41) is 0. The number of hydrogen-bond acceptors (Lipinski definition) is 2. The summed E-state index contributed by atoms with van der Waals surface area (Å²) >= 11 is 0. The van der Waals surface area contributed by atoms with Crippen molar-refractivity contribution in [2.75, 3.05) is 13.7 Å². The Morgan fingerprint density at radius 2 is 2.14 bits per heavy atom. The largest absolute Gasteiger partial charge is 0.497 e. The van der Waals surface area contributed by atoms with Crippen molar-refractivity contribution in [1.82, 2.24) is 0 Å². The van der Waals surface area contributed by atoms with Crippen molar-refractivity contribution < 1.29 is 13.9 Å². The second-order valence-electron chi connectivity index (χ2n) is 5.30. The molecule has 0 aromatic heterocycles. The molecule has 2 rings (SSSR count). The maximum absolute atomic E-state index is 13.5. The van der Waals surface area contributed by atoms with Crippen LogP contribution in [0.3, 0.4) is 0 Å². The zero-order valence-electron chi connectivity index (χ0n) is 13.2. The molecule has 0 amide bonds. The topological polar surface area (TPSA) is 18.5 Å². The Labute approximate surface area is 132 Å². The van der Waals surface area contributed by atoms with Gasteiger partial charge in [0.25, 0.3) is 0 Å². The maximum atomic E-state index is 13.5. The third kappa shape index (κ3) is 4.48. The van der Waals surface area contributed by atoms with E-state index < -0.39 is 0 Å². The molecule has 1 atom stereocenters. The van der Waals surface area contributed by atoms with Crippen LogP contribution in [0.4, 0.5) is 4.39 Å². The van der Waals surface area contributed by atoms with E-state index in [-0.39, 0.29) is 11.7 Å². The molecule has 0 aromatic carbocycles. The summed E-state index contributed by atoms with van der Waals surface area (Å²) in [7, 11) is 1.64. The smallest absolute Gasteiger partial charge is 0.118 e. The van der Waals surface area contributed by atoms with Gasteiger partial charge in [0.1, 0.15) is 12.4 Å². The summed E-state index contributed by atoms with van der Waals surface area (Å²) < 4.78 is 24.4. The van der Waals surface area contributed by atoms with E-state index in [0.29, 0.717) is 13.0 Å². The molecule has 1 aliphatic heterocycles. The maximum Gasteiger partial charge on any atom is 0.118 e. The first-order chi connectivity index (χ1) is 10.7. The fourth-order valence-electron chi connectivity index (χ4n) is 2.62. The minimum absolute atomic E-state index is 0.0575. The summed E-state index contributed by atoms with van der Waals surface area (Å²) in [6.45, 7) is 2.68. The Hall–Kier alpha value is -2.03. The minimum atomic E-state index is -0.0575. The molecular weight excluding hydrogens is 279 g/mol. The van der Waals surface area contributed by atoms with Gasteiger partial charge in [0.15, 0.2) is 0 Å². The van der Waals surface area contributed by atoms with Gasteiger partial charge in [-0.2, -0.15) is 0 Å². The predicted octanol–water partition coefficient (Wildman–Crippen LogP) is 5.14. The fraction of sp³-hybridized carbons (Fsp3) is 0.368. The van der Waals surface area contributed by atoms with E-state index in [1.165, 1.54) is 11.1 Å². The fourth-order valence-corrected chi connectivity index (χ4v) is 2.62. The lowest BCUT2D eigenvalue weighted by molar-refractivity contribution is 0.275. The van der Waals surface area contributed by atoms with E-state index in [2.05, 4.69) is 19.1 Å². The van der Waals surface area contributed by atoms with Gasteiger partial charge in [0.2, 0.25) is 0 Å². The highest BCUT2D eigenvalue weighted by Crippen LogP contribution is 2.29. The molecule has 22 heavy (non-hydrogen) atoms. The van der Waals surface area contributed by atoms with Crippen LogP contribution in [0.2, 0.25) is 0 Å². The Kier molecular flexibility index (Phi) is 6.26. The van der Waals surface area contributed by atoms with Gasteiger partial charge in [-0.3, -0.25) is 0 Å². The van der Waals surface area contributed by atoms with Crippen molar-refractivity contribution in [2.24, 2.45) is 5.92 Å². The molecule has 1 unspecified atom stereocenters. The van der Waals surface area contributed by atoms with Crippen LogP contribution >= 0.6 is 0 Å². The van der Waals surface area contributed by atoms with E-state index >= 15 is 0 Å². The normalized spacial score (nSPS) is 31.1. The standard InChI is InChI=1S/C19H23FO2/c1-3-15-14-22-13-5-8-18(21-2)11-12-19(15)16-6-4-7-17(20)10-9-16/h4-8,11-13,16H,3,9-10,14H2,1-2H3/b12-11+,13-5+,18-8+,19-15+. The molecule has 2 aliphatic rings. The molecule has 0 saturated carbocycles. The molecule has 1 aliphatic carbocycles. The summed E-state index contributed by atoms with van der Waals surface area (Å²) in [4.78, 5) is 0. The summed E-state index contributed by atoms with van der Waals surface area (Å²) in [6.07, 6.45) is 17.0. The molecule has 0 spiro atoms. The van der Waals surface area contributed by atoms with E-state index in [1.807, 2.05) is 24.3 Å². The van der Waals surface area contributed by atoms with Gasteiger partial charge in [-0.25, -0.2) is 4.39 Å². The van der Waals surface area contributed by atoms with Crippen molar-refractivity contribution >= 4 is 0 Å². The van der Waals surface area contributed by atoms with Gasteiger partial charge >= 0.3 is 0 Å². The molecule has 3 heteroatoms. The third-order valence-corrected chi connectivity index (χ3v) is 3.90. The summed E-state index contributed by atoms with van der Waals surface area (Å²) in [5.41, 5.74) is 2.43. The van der Waals surface area contributed by atoms with E-state index in [4.69, 9.17) is 9.47 Å². The Bertz CT molecular complexity index is 562. The van der Waals surface area contributed by atoms with Gasteiger partial charge in [-0.1, -0.05) is 25.2 Å². The SMILES string of the molecule is CC/C1=C(C2C=CC=C(F)CC2)/C=C/C(OC)=C\C=C\OC1. The monoisotopic (exact) mass is 302 g/mol. The predicted molar refractivity (Wildman–Crippen MR) is 87.7 cm³/mol. The van der Waals surface area contributed by atoms with E-state index in [0.717, 1.165) is 18.6 Å². The first-order valence-electron chi connectivity index (χ1n) is 7.70. The van der Waals surface area contributed by atoms with Crippen LogP contribution in [0.15, 0.2) is 71.5 Å². The van der Waals surface area contributed by atoms with Crippen LogP contribution in [-0.2, 0) is 9.47 Å². The highest BCUT2D eigenvalue weighted by atomic mass is 19.1. The molecule has 0 aromatic rings. The zero-order valence-corrected chi connectivity index (χ0v) is 13.2. The molecule has 118 valence electrons. The Morgan fingerprint density at radius 1 is 1.27 bits per heavy atom. The molecule has 0 bridgehead atoms. The lowest BCUT2D eigenvalue weighted by Crippen LogP contribution is -2.07. The van der Waals surface area contributed by atoms with E-state index in [1.54, 1.807) is 19.4 Å². The number of halogens is 1. The van der Waals surface area contributed by atoms with Gasteiger partial charge in [-0.05, 0) is 48.3 Å². The van der Waals surface area contributed by atoms with Crippen LogP contribution in [0.1, 0.15) is 26.2 Å². The first-order valence-corrected chi connectivity index (χ1v) is 7.70. The molecule has 0 fully saturated rings. The van der Waals surface area contributed by atoms with Gasteiger partial charge < -0.3 is 9.47 Å². The second-order valence-corrected chi connectivity index (χ2v) is 5.30. The van der Waals surface area contributed by atoms with Crippen molar-refractivity contribution in [3.8, 4) is 0 Å². The third-order valence-electron chi connectivity index (χ3n) is 3.90. The van der Waals surface area contributed by atoms with Crippen molar-refractivity contribution in [3.63, 3.8) is 0 Å². The lowest BCUT2D eigenvalue weighted by Gasteiger charge is -2.19. The van der Waals surface area contributed by atoms with Crippen LogP contribution in [-0.4, -0.2) is 13.7 Å². The van der Waals surface area contributed by atoms with Crippen LogP contribution < -0.4 is 0 Å². The molecule has 0 saturated heterocycles. The molecule has 2 nitrogen and oxygen atoms in total. The molecular formula is C19H23FO2. The van der Waals surface area contributed by atoms with Crippen LogP contribution in [0, 0.1) is 5.92 Å². The highest BCUT2D eigenvalue weighted by molar-refractivity contribution is 5.36. The van der Waals surface area contributed by atoms with Crippen LogP contribution in [0.25, 0.3) is 0 Å². The average Bonchev–Trinajstić information content (AvgIpc) is 2.76. The Balaban J connectivity index is 2.33. The van der Waals surface area contributed by atoms with Crippen LogP contribution in [0.5, 0.6) is 0 Å². The van der Waals surface area contributed by atoms with Crippen molar-refractivity contribution in [3.05, 3.63) is 71.5 Å². The van der Waals surface area contributed by atoms with Gasteiger partial charge in [0, 0.05) is 12.3 Å². The van der Waals surface area contributed by atoms with Crippen molar-refractivity contribution in [1.29, 1.82) is 0 Å². The number of ether oxygens (including phenoxy) is 2. The number of rotatable bonds is 3. The summed E-state index contributed by atoms with van der Waals surface area (Å²) in [5.74, 6) is 0.898. The number of hydrogen-bond donors (Lipinski definition) is 0. The minimum Gasteiger partial charge on any atom is -0.497 e. The molecule has 0 radical (unpaired) electrons. The zero-order chi connectivity index (χ0) is 15.8. The van der Waals surface area contributed by atoms with E-state index in [9.17, 15) is 4.39 Å². The number of allylic oxidation sites excluding steroid dienone is 9. The lowest BCUT2D eigenvalue weighted by atomic mass is 9.89. The quantitative estimate of drug-likeness (QED) is 0.718. The Morgan fingerprint density at radius 3 is 2.91 bits per heavy atom. The van der Waals surface area contributed by atoms with Gasteiger partial charge in [0.05, 0.1) is 19.2 Å². The summed E-state index contributed by atoms with van der Waals surface area (Å²) in [6, 6.07) is 0.